The lowest BCUT2D eigenvalue weighted by Gasteiger charge is -2.19. The second-order valence-electron chi connectivity index (χ2n) is 9.83. The van der Waals surface area contributed by atoms with Crippen LogP contribution in [0.4, 0.5) is 4.79 Å². The van der Waals surface area contributed by atoms with Gasteiger partial charge < -0.3 is 10.1 Å². The summed E-state index contributed by atoms with van der Waals surface area (Å²) < 4.78 is 7.50. The number of nitrogens with one attached hydrogen (secondary N) is 1. The highest BCUT2D eigenvalue weighted by Gasteiger charge is 2.19. The van der Waals surface area contributed by atoms with E-state index >= 15 is 0 Å². The number of fused-ring (bicyclic) bond motifs is 1. The summed E-state index contributed by atoms with van der Waals surface area (Å²) in [5.41, 5.74) is 3.75. The summed E-state index contributed by atoms with van der Waals surface area (Å²) in [6.07, 6.45) is 9.72. The van der Waals surface area contributed by atoms with Gasteiger partial charge in [-0.3, -0.25) is 4.57 Å². The van der Waals surface area contributed by atoms with Gasteiger partial charge in [-0.1, -0.05) is 37.8 Å². The van der Waals surface area contributed by atoms with Crippen LogP contribution in [0.1, 0.15) is 64.3 Å². The number of nitrogens with zero attached hydrogens (tertiary/aromatic N) is 3. The lowest BCUT2D eigenvalue weighted by atomic mass is 10.0. The van der Waals surface area contributed by atoms with E-state index in [2.05, 4.69) is 39.1 Å². The molecule has 4 rings (SSSR count). The zero-order valence-electron chi connectivity index (χ0n) is 19.4. The molecule has 3 aromatic rings. The molecule has 1 amide bonds. The first kappa shape index (κ1) is 22.3. The lowest BCUT2D eigenvalue weighted by Crippen LogP contribution is -2.41. The van der Waals surface area contributed by atoms with Gasteiger partial charge in [-0.25, -0.2) is 14.8 Å². The first-order valence-electron chi connectivity index (χ1n) is 11.8. The summed E-state index contributed by atoms with van der Waals surface area (Å²) in [7, 11) is 0. The Hall–Kier alpha value is -2.89. The second kappa shape index (κ2) is 9.72. The Morgan fingerprint density at radius 1 is 1.12 bits per heavy atom. The molecule has 0 aliphatic heterocycles. The van der Waals surface area contributed by atoms with Gasteiger partial charge in [-0.05, 0) is 62.9 Å². The topological polar surface area (TPSA) is 69.0 Å². The average molecular weight is 435 g/mol. The number of amides is 1. The minimum Gasteiger partial charge on any atom is -0.449 e. The molecule has 0 spiro atoms. The number of rotatable bonds is 7. The van der Waals surface area contributed by atoms with Gasteiger partial charge >= 0.3 is 6.09 Å². The van der Waals surface area contributed by atoms with Crippen LogP contribution < -0.4 is 5.32 Å². The van der Waals surface area contributed by atoms with Crippen molar-refractivity contribution in [2.45, 2.75) is 71.3 Å². The minimum atomic E-state index is -0.378. The number of carbonyl (C=O) groups is 1. The van der Waals surface area contributed by atoms with Crippen molar-refractivity contribution < 1.29 is 9.53 Å². The van der Waals surface area contributed by atoms with Crippen molar-refractivity contribution in [2.75, 3.05) is 6.61 Å². The maximum absolute atomic E-state index is 11.8. The fraction of sp³-hybridized carbons (Fsp3) is 0.500. The molecule has 0 bridgehead atoms. The summed E-state index contributed by atoms with van der Waals surface area (Å²) in [4.78, 5) is 21.3. The van der Waals surface area contributed by atoms with Gasteiger partial charge in [0.1, 0.15) is 11.3 Å². The van der Waals surface area contributed by atoms with Crippen molar-refractivity contribution in [1.29, 1.82) is 0 Å². The highest BCUT2D eigenvalue weighted by Crippen LogP contribution is 2.30. The fourth-order valence-corrected chi connectivity index (χ4v) is 4.45. The van der Waals surface area contributed by atoms with E-state index in [1.165, 1.54) is 32.1 Å². The Balaban J connectivity index is 1.45. The molecule has 0 saturated heterocycles. The Bertz CT molecular complexity index is 1040. The summed E-state index contributed by atoms with van der Waals surface area (Å²) >= 11 is 0. The molecule has 1 saturated carbocycles. The Morgan fingerprint density at radius 2 is 1.88 bits per heavy atom. The molecule has 0 radical (unpaired) electrons. The highest BCUT2D eigenvalue weighted by atomic mass is 16.5. The van der Waals surface area contributed by atoms with Crippen LogP contribution in [-0.2, 0) is 17.6 Å². The molecule has 32 heavy (non-hydrogen) atoms. The van der Waals surface area contributed by atoms with E-state index in [0.29, 0.717) is 13.0 Å². The number of aromatic nitrogens is 3. The fourth-order valence-electron chi connectivity index (χ4n) is 4.45. The molecule has 1 fully saturated rings. The normalized spacial score (nSPS) is 14.7. The monoisotopic (exact) mass is 434 g/mol. The molecule has 2 aromatic heterocycles. The van der Waals surface area contributed by atoms with E-state index in [4.69, 9.17) is 9.72 Å². The molecule has 170 valence electrons. The van der Waals surface area contributed by atoms with Crippen LogP contribution in [0.15, 0.2) is 42.6 Å². The third-order valence-corrected chi connectivity index (χ3v) is 6.03. The van der Waals surface area contributed by atoms with Crippen LogP contribution in [0.3, 0.4) is 0 Å². The van der Waals surface area contributed by atoms with Crippen LogP contribution in [0.5, 0.6) is 0 Å². The molecule has 6 heteroatoms. The maximum Gasteiger partial charge on any atom is 0.407 e. The van der Waals surface area contributed by atoms with Gasteiger partial charge in [-0.2, -0.15) is 0 Å². The number of carbonyl (C=O) groups excluding carboxylic acids is 1. The smallest absolute Gasteiger partial charge is 0.407 e. The van der Waals surface area contributed by atoms with Gasteiger partial charge in [0.05, 0.1) is 6.61 Å². The van der Waals surface area contributed by atoms with Crippen LogP contribution in [0.25, 0.3) is 16.9 Å². The van der Waals surface area contributed by atoms with E-state index in [0.717, 1.165) is 40.6 Å². The number of benzene rings is 1. The van der Waals surface area contributed by atoms with Gasteiger partial charge in [0.25, 0.3) is 0 Å². The number of ether oxygens (including phenoxy) is 1. The minimum absolute atomic E-state index is 0.296. The number of aryl methyl sites for hydroxylation is 1. The van der Waals surface area contributed by atoms with E-state index < -0.39 is 0 Å². The van der Waals surface area contributed by atoms with Gasteiger partial charge in [0.2, 0.25) is 0 Å². The molecule has 1 N–H and O–H groups in total. The maximum atomic E-state index is 11.8. The van der Waals surface area contributed by atoms with Crippen molar-refractivity contribution in [2.24, 2.45) is 5.92 Å². The number of pyridine rings is 1. The van der Waals surface area contributed by atoms with E-state index in [9.17, 15) is 4.79 Å². The molecule has 0 atom stereocenters. The van der Waals surface area contributed by atoms with Crippen LogP contribution >= 0.6 is 0 Å². The molecule has 6 nitrogen and oxygen atoms in total. The van der Waals surface area contributed by atoms with Gasteiger partial charge in [0.15, 0.2) is 5.65 Å². The first-order chi connectivity index (χ1) is 15.4. The molecule has 0 unspecified atom stereocenters. The predicted octanol–water partition coefficient (Wildman–Crippen LogP) is 5.61. The summed E-state index contributed by atoms with van der Waals surface area (Å²) in [5, 5.41) is 2.81. The van der Waals surface area contributed by atoms with Crippen molar-refractivity contribution in [3.05, 3.63) is 54.0 Å². The van der Waals surface area contributed by atoms with Crippen LogP contribution in [-0.4, -0.2) is 32.8 Å². The number of hydrogen-bond donors (Lipinski definition) is 1. The van der Waals surface area contributed by atoms with Crippen molar-refractivity contribution in [3.63, 3.8) is 0 Å². The standard InChI is InChI=1S/C26H34N4O2/c1-26(2,3)29-25(31)32-18-16-20-10-13-21(14-11-20)30-23(15-12-19-7-4-5-8-19)28-22-9-6-17-27-24(22)30/h6,9-11,13-14,17,19H,4-5,7-8,12,15-16,18H2,1-3H3,(H,29,31). The zero-order valence-corrected chi connectivity index (χ0v) is 19.4. The Labute approximate surface area is 190 Å². The third kappa shape index (κ3) is 5.67. The summed E-state index contributed by atoms with van der Waals surface area (Å²) in [5.74, 6) is 1.91. The van der Waals surface area contributed by atoms with E-state index in [1.807, 2.05) is 39.1 Å². The molecule has 1 aliphatic carbocycles. The summed E-state index contributed by atoms with van der Waals surface area (Å²) in [6, 6.07) is 12.4. The zero-order chi connectivity index (χ0) is 22.6. The Morgan fingerprint density at radius 3 is 2.59 bits per heavy atom. The molecular weight excluding hydrogens is 400 g/mol. The average Bonchev–Trinajstić information content (AvgIpc) is 3.39. The van der Waals surface area contributed by atoms with Crippen LogP contribution in [0.2, 0.25) is 0 Å². The van der Waals surface area contributed by atoms with Gasteiger partial charge in [-0.15, -0.1) is 0 Å². The SMILES string of the molecule is CC(C)(C)NC(=O)OCCc1ccc(-n2c(CCC3CCCC3)nc3cccnc32)cc1. The highest BCUT2D eigenvalue weighted by molar-refractivity contribution is 5.73. The predicted molar refractivity (Wildman–Crippen MR) is 127 cm³/mol. The molecule has 2 heterocycles. The Kier molecular flexibility index (Phi) is 6.77. The first-order valence-corrected chi connectivity index (χ1v) is 11.8. The van der Waals surface area contributed by atoms with Gasteiger partial charge in [0, 0.05) is 30.3 Å². The third-order valence-electron chi connectivity index (χ3n) is 6.03. The number of alkyl carbamates (subject to hydrolysis) is 1. The number of imidazole rings is 1. The molecule has 1 aromatic carbocycles. The second-order valence-corrected chi connectivity index (χ2v) is 9.83. The lowest BCUT2D eigenvalue weighted by molar-refractivity contribution is 0.139. The van der Waals surface area contributed by atoms with Crippen molar-refractivity contribution in [3.8, 4) is 5.69 Å². The van der Waals surface area contributed by atoms with E-state index in [-0.39, 0.29) is 11.6 Å². The largest absolute Gasteiger partial charge is 0.449 e. The molecular formula is C26H34N4O2. The van der Waals surface area contributed by atoms with E-state index in [1.54, 1.807) is 0 Å². The quantitative estimate of drug-likeness (QED) is 0.525. The van der Waals surface area contributed by atoms with Crippen molar-refractivity contribution >= 4 is 17.3 Å². The van der Waals surface area contributed by atoms with Crippen molar-refractivity contribution in [1.82, 2.24) is 19.9 Å². The molecule has 1 aliphatic rings. The number of hydrogen-bond acceptors (Lipinski definition) is 4. The van der Waals surface area contributed by atoms with Crippen LogP contribution in [0, 0.1) is 5.92 Å². The summed E-state index contributed by atoms with van der Waals surface area (Å²) in [6.45, 7) is 6.15.